The zero-order chi connectivity index (χ0) is 13.7. The number of nitrogens with zero attached hydrogens (tertiary/aromatic N) is 2. The molecule has 0 aromatic heterocycles. The van der Waals surface area contributed by atoms with E-state index in [0.717, 1.165) is 50.3 Å². The van der Waals surface area contributed by atoms with Crippen molar-refractivity contribution in [3.63, 3.8) is 0 Å². The number of carbonyl (C=O) groups excluding carboxylic acids is 2. The molecule has 0 bridgehead atoms. The molecule has 0 spiro atoms. The second-order valence-corrected chi connectivity index (χ2v) is 6.29. The summed E-state index contributed by atoms with van der Waals surface area (Å²) >= 11 is 0. The van der Waals surface area contributed by atoms with E-state index in [2.05, 4.69) is 4.90 Å². The average molecular weight is 272 g/mol. The third kappa shape index (κ3) is 1.98. The third-order valence-corrected chi connectivity index (χ3v) is 4.80. The average Bonchev–Trinajstić information content (AvgIpc) is 3.34. The Bertz CT molecular complexity index is 533. The van der Waals surface area contributed by atoms with E-state index in [1.54, 1.807) is 6.08 Å². The molecular formula is C16H20N2O2. The van der Waals surface area contributed by atoms with Gasteiger partial charge in [-0.05, 0) is 18.8 Å². The number of ketones is 2. The lowest BCUT2D eigenvalue weighted by molar-refractivity contribution is -0.117. The molecule has 2 heterocycles. The molecule has 3 fully saturated rings. The van der Waals surface area contributed by atoms with Crippen molar-refractivity contribution < 1.29 is 9.59 Å². The second-order valence-electron chi connectivity index (χ2n) is 6.29. The molecule has 106 valence electrons. The molecule has 0 N–H and O–H groups in total. The van der Waals surface area contributed by atoms with Gasteiger partial charge in [0.1, 0.15) is 0 Å². The van der Waals surface area contributed by atoms with Crippen LogP contribution in [0.1, 0.15) is 32.1 Å². The summed E-state index contributed by atoms with van der Waals surface area (Å²) in [6.07, 6.45) is 7.35. The lowest BCUT2D eigenvalue weighted by Gasteiger charge is -2.29. The van der Waals surface area contributed by atoms with Crippen LogP contribution < -0.4 is 0 Å². The summed E-state index contributed by atoms with van der Waals surface area (Å²) in [6.45, 7) is 3.69. The molecule has 20 heavy (non-hydrogen) atoms. The number of Topliss-reactive ketones (excluding diaryl/α,β-unsaturated/α-hetero) is 1. The molecule has 0 aromatic carbocycles. The molecule has 4 nitrogen and oxygen atoms in total. The fourth-order valence-corrected chi connectivity index (χ4v) is 3.53. The van der Waals surface area contributed by atoms with Crippen LogP contribution in [0.25, 0.3) is 0 Å². The largest absolute Gasteiger partial charge is 0.365 e. The van der Waals surface area contributed by atoms with Gasteiger partial charge in [-0.25, -0.2) is 0 Å². The summed E-state index contributed by atoms with van der Waals surface area (Å²) in [7, 11) is 0. The minimum atomic E-state index is 0.0598. The van der Waals surface area contributed by atoms with Gasteiger partial charge in [0, 0.05) is 37.8 Å². The van der Waals surface area contributed by atoms with Gasteiger partial charge in [-0.15, -0.1) is 0 Å². The maximum Gasteiger partial charge on any atom is 0.207 e. The third-order valence-electron chi connectivity index (χ3n) is 4.80. The van der Waals surface area contributed by atoms with Gasteiger partial charge in [-0.1, -0.05) is 19.3 Å². The Morgan fingerprint density at radius 3 is 2.15 bits per heavy atom. The molecule has 0 aromatic rings. The normalized spacial score (nSPS) is 27.1. The Balaban J connectivity index is 1.73. The zero-order valence-corrected chi connectivity index (χ0v) is 11.7. The maximum absolute atomic E-state index is 12.8. The number of allylic oxidation sites excluding steroid dienone is 2. The summed E-state index contributed by atoms with van der Waals surface area (Å²) in [6, 6.07) is 0. The second kappa shape index (κ2) is 4.47. The Kier molecular flexibility index (Phi) is 2.72. The van der Waals surface area contributed by atoms with Gasteiger partial charge in [0.15, 0.2) is 0 Å². The SMILES string of the molecule is O=C1C=C(N2CC2)C(=O)C(C2CCCCC2)=C1N1CC1. The molecular weight excluding hydrogens is 252 g/mol. The van der Waals surface area contributed by atoms with Crippen molar-refractivity contribution in [2.75, 3.05) is 26.2 Å². The van der Waals surface area contributed by atoms with Crippen molar-refractivity contribution in [1.29, 1.82) is 0 Å². The predicted molar refractivity (Wildman–Crippen MR) is 74.8 cm³/mol. The molecule has 0 atom stereocenters. The monoisotopic (exact) mass is 272 g/mol. The first-order chi connectivity index (χ1) is 9.75. The minimum absolute atomic E-state index is 0.0598. The zero-order valence-electron chi connectivity index (χ0n) is 11.7. The van der Waals surface area contributed by atoms with Crippen molar-refractivity contribution in [3.8, 4) is 0 Å². The highest BCUT2D eigenvalue weighted by Crippen LogP contribution is 2.39. The fraction of sp³-hybridized carbons (Fsp3) is 0.625. The standard InChI is InChI=1S/C16H20N2O2/c19-13-10-12(17-6-7-17)16(20)14(15(13)18-8-9-18)11-4-2-1-3-5-11/h10-11H,1-9H2. The molecule has 4 rings (SSSR count). The minimum Gasteiger partial charge on any atom is -0.365 e. The highest BCUT2D eigenvalue weighted by molar-refractivity contribution is 6.22. The van der Waals surface area contributed by atoms with Gasteiger partial charge >= 0.3 is 0 Å². The summed E-state index contributed by atoms with van der Waals surface area (Å²) in [4.78, 5) is 29.4. The Labute approximate surface area is 119 Å². The smallest absolute Gasteiger partial charge is 0.207 e. The van der Waals surface area contributed by atoms with Crippen molar-refractivity contribution in [3.05, 3.63) is 23.0 Å². The highest BCUT2D eigenvalue weighted by atomic mass is 16.1. The lowest BCUT2D eigenvalue weighted by atomic mass is 9.78. The van der Waals surface area contributed by atoms with Crippen LogP contribution in [-0.2, 0) is 9.59 Å². The quantitative estimate of drug-likeness (QED) is 0.576. The number of rotatable bonds is 3. The molecule has 0 unspecified atom stereocenters. The van der Waals surface area contributed by atoms with Gasteiger partial charge in [0.05, 0.1) is 11.4 Å². The van der Waals surface area contributed by atoms with Crippen molar-refractivity contribution in [2.24, 2.45) is 5.92 Å². The van der Waals surface area contributed by atoms with Crippen LogP contribution in [0.15, 0.2) is 23.0 Å². The van der Waals surface area contributed by atoms with Gasteiger partial charge in [0.2, 0.25) is 11.6 Å². The van der Waals surface area contributed by atoms with E-state index < -0.39 is 0 Å². The number of hydrogen-bond donors (Lipinski definition) is 0. The van der Waals surface area contributed by atoms with Crippen LogP contribution in [0, 0.1) is 5.92 Å². The molecule has 0 amide bonds. The van der Waals surface area contributed by atoms with Crippen molar-refractivity contribution in [1.82, 2.24) is 9.80 Å². The van der Waals surface area contributed by atoms with Crippen LogP contribution in [-0.4, -0.2) is 47.5 Å². The van der Waals surface area contributed by atoms with Gasteiger partial charge in [-0.3, -0.25) is 9.59 Å². The predicted octanol–water partition coefficient (Wildman–Crippen LogP) is 1.49. The summed E-state index contributed by atoms with van der Waals surface area (Å²) in [5, 5.41) is 0. The number of hydrogen-bond acceptors (Lipinski definition) is 4. The molecule has 4 aliphatic rings. The molecule has 2 saturated heterocycles. The van der Waals surface area contributed by atoms with Crippen LogP contribution in [0.2, 0.25) is 0 Å². The van der Waals surface area contributed by atoms with E-state index in [4.69, 9.17) is 0 Å². The maximum atomic E-state index is 12.8. The van der Waals surface area contributed by atoms with E-state index >= 15 is 0 Å². The number of carbonyl (C=O) groups is 2. The van der Waals surface area contributed by atoms with Gasteiger partial charge < -0.3 is 9.80 Å². The van der Waals surface area contributed by atoms with Crippen LogP contribution in [0.3, 0.4) is 0 Å². The van der Waals surface area contributed by atoms with Crippen molar-refractivity contribution >= 4 is 11.6 Å². The van der Waals surface area contributed by atoms with Gasteiger partial charge in [-0.2, -0.15) is 0 Å². The molecule has 2 aliphatic carbocycles. The summed E-state index contributed by atoms with van der Waals surface area (Å²) < 4.78 is 0. The Morgan fingerprint density at radius 2 is 1.55 bits per heavy atom. The van der Waals surface area contributed by atoms with E-state index in [0.29, 0.717) is 11.6 Å². The Morgan fingerprint density at radius 1 is 0.900 bits per heavy atom. The lowest BCUT2D eigenvalue weighted by Crippen LogP contribution is -2.30. The van der Waals surface area contributed by atoms with Crippen molar-refractivity contribution in [2.45, 2.75) is 32.1 Å². The van der Waals surface area contributed by atoms with Crippen LogP contribution in [0.5, 0.6) is 0 Å². The molecule has 2 aliphatic heterocycles. The Hall–Kier alpha value is -1.58. The first-order valence-corrected chi connectivity index (χ1v) is 7.80. The summed E-state index contributed by atoms with van der Waals surface area (Å²) in [5.74, 6) is 0.500. The van der Waals surface area contributed by atoms with Gasteiger partial charge in [0.25, 0.3) is 0 Å². The fourth-order valence-electron chi connectivity index (χ4n) is 3.53. The first kappa shape index (κ1) is 12.2. The van der Waals surface area contributed by atoms with E-state index in [1.165, 1.54) is 19.3 Å². The first-order valence-electron chi connectivity index (χ1n) is 7.80. The van der Waals surface area contributed by atoms with E-state index in [9.17, 15) is 9.59 Å². The van der Waals surface area contributed by atoms with E-state index in [1.807, 2.05) is 4.90 Å². The molecule has 0 radical (unpaired) electrons. The van der Waals surface area contributed by atoms with Crippen LogP contribution >= 0.6 is 0 Å². The summed E-state index contributed by atoms with van der Waals surface area (Å²) in [5.41, 5.74) is 2.23. The van der Waals surface area contributed by atoms with E-state index in [-0.39, 0.29) is 11.6 Å². The highest BCUT2D eigenvalue weighted by Gasteiger charge is 2.41. The topological polar surface area (TPSA) is 40.2 Å². The van der Waals surface area contributed by atoms with Crippen LogP contribution in [0.4, 0.5) is 0 Å². The molecule has 1 saturated carbocycles. The molecule has 4 heteroatoms.